The summed E-state index contributed by atoms with van der Waals surface area (Å²) in [6, 6.07) is 5.33. The van der Waals surface area contributed by atoms with Gasteiger partial charge in [0, 0.05) is 5.56 Å². The minimum Gasteiger partial charge on any atom is -0.288 e. The lowest BCUT2D eigenvalue weighted by molar-refractivity contribution is 0.102. The number of carbonyl (C=O) groups excluding carboxylic acids is 1. The van der Waals surface area contributed by atoms with Crippen molar-refractivity contribution in [3.8, 4) is 0 Å². The Morgan fingerprint density at radius 2 is 2.39 bits per heavy atom. The number of carbonyl (C=O) groups is 1. The third-order valence-electron chi connectivity index (χ3n) is 2.06. The van der Waals surface area contributed by atoms with Gasteiger partial charge in [-0.25, -0.2) is 4.39 Å². The number of halogens is 1. The smallest absolute Gasteiger partial charge is 0.270 e. The van der Waals surface area contributed by atoms with Crippen molar-refractivity contribution < 1.29 is 9.18 Å². The average Bonchev–Trinajstić information content (AvgIpc) is 2.77. The third kappa shape index (κ3) is 2.76. The molecule has 0 aliphatic rings. The molecule has 1 aromatic carbocycles. The molecule has 1 amide bonds. The predicted octanol–water partition coefficient (Wildman–Crippen LogP) is 1.25. The van der Waals surface area contributed by atoms with E-state index in [9.17, 15) is 9.18 Å². The number of rotatable bonds is 4. The van der Waals surface area contributed by atoms with Crippen molar-refractivity contribution in [3.05, 3.63) is 48.3 Å². The number of hydrogen-bond acceptors (Lipinski definition) is 4. The maximum atomic E-state index is 12.9. The summed E-state index contributed by atoms with van der Waals surface area (Å²) >= 11 is 0. The minimum absolute atomic E-state index is 0.0612. The Bertz CT molecular complexity index is 580. The lowest BCUT2D eigenvalue weighted by Gasteiger charge is -2.00. The number of nitrogens with one attached hydrogen (secondary N) is 1. The fourth-order valence-electron chi connectivity index (χ4n) is 1.29. The number of nitrogens with zero attached hydrogens (tertiary/aromatic N) is 4. The molecule has 0 bridgehead atoms. The maximum absolute atomic E-state index is 12.9. The van der Waals surface area contributed by atoms with E-state index in [0.29, 0.717) is 6.54 Å². The topological polar surface area (TPSA) is 72.7 Å². The van der Waals surface area contributed by atoms with Gasteiger partial charge in [-0.15, -0.1) is 11.7 Å². The first-order chi connectivity index (χ1) is 8.69. The van der Waals surface area contributed by atoms with E-state index in [1.807, 2.05) is 0 Å². The molecule has 18 heavy (non-hydrogen) atoms. The Hall–Kier alpha value is -2.57. The van der Waals surface area contributed by atoms with E-state index in [0.717, 1.165) is 6.07 Å². The van der Waals surface area contributed by atoms with Crippen LogP contribution in [0.15, 0.2) is 36.9 Å². The molecule has 6 nitrogen and oxygen atoms in total. The summed E-state index contributed by atoms with van der Waals surface area (Å²) in [6.45, 7) is 3.92. The van der Waals surface area contributed by atoms with Crippen molar-refractivity contribution in [2.24, 2.45) is 0 Å². The SMILES string of the molecule is C=CCn1nnc(NC(=O)c2cccc(F)c2)n1. The van der Waals surface area contributed by atoms with Crippen LogP contribution in [-0.4, -0.2) is 26.1 Å². The Kier molecular flexibility index (Phi) is 3.42. The average molecular weight is 247 g/mol. The van der Waals surface area contributed by atoms with E-state index >= 15 is 0 Å². The molecule has 0 saturated carbocycles. The van der Waals surface area contributed by atoms with Gasteiger partial charge in [0.15, 0.2) is 0 Å². The van der Waals surface area contributed by atoms with Crippen molar-refractivity contribution in [2.75, 3.05) is 5.32 Å². The maximum Gasteiger partial charge on any atom is 0.270 e. The summed E-state index contributed by atoms with van der Waals surface area (Å²) in [5, 5.41) is 13.6. The molecular weight excluding hydrogens is 237 g/mol. The molecule has 2 aromatic rings. The molecule has 0 unspecified atom stereocenters. The van der Waals surface area contributed by atoms with Gasteiger partial charge in [-0.3, -0.25) is 10.1 Å². The van der Waals surface area contributed by atoms with E-state index in [2.05, 4.69) is 27.3 Å². The Balaban J connectivity index is 2.08. The van der Waals surface area contributed by atoms with Gasteiger partial charge >= 0.3 is 0 Å². The van der Waals surface area contributed by atoms with Crippen LogP contribution in [0.5, 0.6) is 0 Å². The van der Waals surface area contributed by atoms with Crippen molar-refractivity contribution in [2.45, 2.75) is 6.54 Å². The second-order valence-electron chi connectivity index (χ2n) is 3.42. The van der Waals surface area contributed by atoms with E-state index in [1.54, 1.807) is 6.08 Å². The summed E-state index contributed by atoms with van der Waals surface area (Å²) < 4.78 is 12.9. The van der Waals surface area contributed by atoms with Gasteiger partial charge in [-0.2, -0.15) is 4.80 Å². The van der Waals surface area contributed by atoms with Gasteiger partial charge in [0.2, 0.25) is 0 Å². The number of tetrazole rings is 1. The van der Waals surface area contributed by atoms with Gasteiger partial charge in [0.05, 0.1) is 6.54 Å². The van der Waals surface area contributed by atoms with E-state index < -0.39 is 11.7 Å². The Morgan fingerprint density at radius 1 is 1.56 bits per heavy atom. The zero-order valence-electron chi connectivity index (χ0n) is 9.38. The van der Waals surface area contributed by atoms with Crippen LogP contribution in [0, 0.1) is 5.82 Å². The highest BCUT2D eigenvalue weighted by Crippen LogP contribution is 2.05. The van der Waals surface area contributed by atoms with Gasteiger partial charge in [-0.05, 0) is 23.4 Å². The number of aromatic nitrogens is 4. The predicted molar refractivity (Wildman–Crippen MR) is 62.4 cm³/mol. The highest BCUT2D eigenvalue weighted by molar-refractivity contribution is 6.03. The van der Waals surface area contributed by atoms with Crippen LogP contribution in [0.3, 0.4) is 0 Å². The van der Waals surface area contributed by atoms with Crippen LogP contribution in [0.25, 0.3) is 0 Å². The van der Waals surface area contributed by atoms with Crippen molar-refractivity contribution >= 4 is 11.9 Å². The molecular formula is C11H10FN5O. The Labute approximate surface area is 102 Å². The fourth-order valence-corrected chi connectivity index (χ4v) is 1.29. The van der Waals surface area contributed by atoms with E-state index in [-0.39, 0.29) is 11.5 Å². The molecule has 1 N–H and O–H groups in total. The van der Waals surface area contributed by atoms with Crippen LogP contribution in [0.4, 0.5) is 10.3 Å². The zero-order valence-corrected chi connectivity index (χ0v) is 9.38. The van der Waals surface area contributed by atoms with Crippen LogP contribution in [0.2, 0.25) is 0 Å². The molecule has 0 saturated heterocycles. The van der Waals surface area contributed by atoms with Gasteiger partial charge in [-0.1, -0.05) is 17.2 Å². The van der Waals surface area contributed by atoms with Gasteiger partial charge in [0.25, 0.3) is 11.9 Å². The number of hydrogen-bond donors (Lipinski definition) is 1. The molecule has 0 radical (unpaired) electrons. The van der Waals surface area contributed by atoms with Crippen LogP contribution in [-0.2, 0) is 6.54 Å². The summed E-state index contributed by atoms with van der Waals surface area (Å²) in [7, 11) is 0. The highest BCUT2D eigenvalue weighted by Gasteiger charge is 2.10. The quantitative estimate of drug-likeness (QED) is 0.825. The number of amides is 1. The summed E-state index contributed by atoms with van der Waals surface area (Å²) in [6.07, 6.45) is 1.60. The molecule has 1 heterocycles. The van der Waals surface area contributed by atoms with Gasteiger partial charge < -0.3 is 0 Å². The minimum atomic E-state index is -0.493. The standard InChI is InChI=1S/C11H10FN5O/c1-2-6-17-15-11(14-16-17)13-10(18)8-4-3-5-9(12)7-8/h2-5,7H,1,6H2,(H,13,15,18). The summed E-state index contributed by atoms with van der Waals surface area (Å²) in [5.74, 6) is -0.912. The molecule has 0 spiro atoms. The largest absolute Gasteiger partial charge is 0.288 e. The fraction of sp³-hybridized carbons (Fsp3) is 0.0909. The number of benzene rings is 1. The summed E-state index contributed by atoms with van der Waals surface area (Å²) in [5.41, 5.74) is 0.190. The lowest BCUT2D eigenvalue weighted by Crippen LogP contribution is -2.13. The van der Waals surface area contributed by atoms with Crippen molar-refractivity contribution in [1.82, 2.24) is 20.2 Å². The lowest BCUT2D eigenvalue weighted by atomic mass is 10.2. The summed E-state index contributed by atoms with van der Waals surface area (Å²) in [4.78, 5) is 13.0. The molecule has 0 atom stereocenters. The number of allylic oxidation sites excluding steroid dienone is 1. The zero-order chi connectivity index (χ0) is 13.0. The van der Waals surface area contributed by atoms with Gasteiger partial charge in [0.1, 0.15) is 5.82 Å². The number of anilines is 1. The molecule has 7 heteroatoms. The van der Waals surface area contributed by atoms with Crippen LogP contribution < -0.4 is 5.32 Å². The van der Waals surface area contributed by atoms with Crippen molar-refractivity contribution in [1.29, 1.82) is 0 Å². The first-order valence-corrected chi connectivity index (χ1v) is 5.14. The van der Waals surface area contributed by atoms with E-state index in [1.165, 1.54) is 23.0 Å². The van der Waals surface area contributed by atoms with Crippen LogP contribution >= 0.6 is 0 Å². The normalized spacial score (nSPS) is 10.1. The molecule has 92 valence electrons. The monoisotopic (exact) mass is 247 g/mol. The first kappa shape index (κ1) is 11.9. The molecule has 2 rings (SSSR count). The Morgan fingerprint density at radius 3 is 3.11 bits per heavy atom. The van der Waals surface area contributed by atoms with Crippen LogP contribution in [0.1, 0.15) is 10.4 Å². The third-order valence-corrected chi connectivity index (χ3v) is 2.06. The first-order valence-electron chi connectivity index (χ1n) is 5.14. The molecule has 0 fully saturated rings. The second-order valence-corrected chi connectivity index (χ2v) is 3.42. The molecule has 1 aromatic heterocycles. The van der Waals surface area contributed by atoms with E-state index in [4.69, 9.17) is 0 Å². The molecule has 0 aliphatic heterocycles. The van der Waals surface area contributed by atoms with Crippen molar-refractivity contribution in [3.63, 3.8) is 0 Å². The molecule has 0 aliphatic carbocycles. The highest BCUT2D eigenvalue weighted by atomic mass is 19.1. The second kappa shape index (κ2) is 5.17.